The van der Waals surface area contributed by atoms with Crippen molar-refractivity contribution < 1.29 is 14.3 Å². The molecule has 0 unspecified atom stereocenters. The first kappa shape index (κ1) is 17.1. The average Bonchev–Trinajstić information content (AvgIpc) is 3.08. The van der Waals surface area contributed by atoms with Gasteiger partial charge in [-0.15, -0.1) is 5.10 Å². The molecule has 128 valence electrons. The molecule has 0 fully saturated rings. The minimum absolute atomic E-state index is 0.300. The van der Waals surface area contributed by atoms with Crippen molar-refractivity contribution in [3.8, 4) is 22.1 Å². The summed E-state index contributed by atoms with van der Waals surface area (Å²) in [6.45, 7) is 0. The van der Waals surface area contributed by atoms with Gasteiger partial charge in [-0.1, -0.05) is 16.7 Å². The third kappa shape index (κ3) is 3.67. The Morgan fingerprint density at radius 1 is 1.24 bits per heavy atom. The molecule has 1 amide bonds. The van der Waals surface area contributed by atoms with Gasteiger partial charge < -0.3 is 9.47 Å². The minimum atomic E-state index is -0.416. The van der Waals surface area contributed by atoms with Crippen molar-refractivity contribution in [1.29, 1.82) is 0 Å². The lowest BCUT2D eigenvalue weighted by Gasteiger charge is -2.12. The maximum atomic E-state index is 12.8. The third-order valence-electron chi connectivity index (χ3n) is 3.20. The van der Waals surface area contributed by atoms with Crippen molar-refractivity contribution >= 4 is 34.0 Å². The number of anilines is 1. The lowest BCUT2D eigenvalue weighted by Crippen LogP contribution is -2.15. The molecule has 0 aliphatic rings. The van der Waals surface area contributed by atoms with Crippen molar-refractivity contribution in [3.05, 3.63) is 41.4 Å². The zero-order valence-electron chi connectivity index (χ0n) is 13.2. The van der Waals surface area contributed by atoms with Gasteiger partial charge in [-0.25, -0.2) is 4.98 Å². The number of rotatable bonds is 5. The molecule has 0 radical (unpaired) electrons. The van der Waals surface area contributed by atoms with Crippen LogP contribution in [0.4, 0.5) is 5.13 Å². The SMILES string of the molecule is COc1nnc(NC(=O)c2c(OC)cncc2-c2ccnc(Cl)c2)s1. The van der Waals surface area contributed by atoms with Crippen molar-refractivity contribution in [1.82, 2.24) is 20.2 Å². The van der Waals surface area contributed by atoms with E-state index in [9.17, 15) is 4.79 Å². The highest BCUT2D eigenvalue weighted by atomic mass is 35.5. The van der Waals surface area contributed by atoms with Crippen molar-refractivity contribution in [3.63, 3.8) is 0 Å². The highest BCUT2D eigenvalue weighted by Crippen LogP contribution is 2.32. The van der Waals surface area contributed by atoms with E-state index in [-0.39, 0.29) is 0 Å². The van der Waals surface area contributed by atoms with E-state index < -0.39 is 5.91 Å². The summed E-state index contributed by atoms with van der Waals surface area (Å²) in [5.74, 6) is -0.0968. The normalized spacial score (nSPS) is 10.4. The summed E-state index contributed by atoms with van der Waals surface area (Å²) in [4.78, 5) is 20.9. The molecule has 0 aliphatic heterocycles. The Balaban J connectivity index is 2.02. The average molecular weight is 378 g/mol. The number of pyridine rings is 2. The molecule has 0 bridgehead atoms. The van der Waals surface area contributed by atoms with Gasteiger partial charge in [0.2, 0.25) is 5.13 Å². The van der Waals surface area contributed by atoms with E-state index in [0.717, 1.165) is 11.3 Å². The van der Waals surface area contributed by atoms with Gasteiger partial charge in [-0.05, 0) is 29.0 Å². The van der Waals surface area contributed by atoms with Crippen LogP contribution in [0.5, 0.6) is 10.9 Å². The van der Waals surface area contributed by atoms with Crippen LogP contribution in [0.1, 0.15) is 10.4 Å². The van der Waals surface area contributed by atoms with E-state index in [1.807, 2.05) is 0 Å². The molecule has 1 N–H and O–H groups in total. The molecule has 0 saturated heterocycles. The van der Waals surface area contributed by atoms with E-state index in [0.29, 0.717) is 37.9 Å². The summed E-state index contributed by atoms with van der Waals surface area (Å²) in [5, 5.41) is 11.3. The summed E-state index contributed by atoms with van der Waals surface area (Å²) in [6, 6.07) is 3.37. The summed E-state index contributed by atoms with van der Waals surface area (Å²) in [7, 11) is 2.94. The molecular weight excluding hydrogens is 366 g/mol. The van der Waals surface area contributed by atoms with Crippen molar-refractivity contribution in [2.75, 3.05) is 19.5 Å². The molecule has 10 heteroatoms. The molecule has 3 heterocycles. The Hall–Kier alpha value is -2.78. The second kappa shape index (κ2) is 7.41. The van der Waals surface area contributed by atoms with E-state index in [1.54, 1.807) is 24.5 Å². The van der Waals surface area contributed by atoms with Crippen LogP contribution >= 0.6 is 22.9 Å². The first-order chi connectivity index (χ1) is 12.1. The van der Waals surface area contributed by atoms with Crippen LogP contribution < -0.4 is 14.8 Å². The predicted octanol–water partition coefficient (Wildman–Crippen LogP) is 2.92. The largest absolute Gasteiger partial charge is 0.494 e. The molecule has 8 nitrogen and oxygen atoms in total. The predicted molar refractivity (Wildman–Crippen MR) is 93.4 cm³/mol. The van der Waals surface area contributed by atoms with Gasteiger partial charge in [0.25, 0.3) is 11.1 Å². The number of carbonyl (C=O) groups is 1. The number of halogens is 1. The number of nitrogens with one attached hydrogen (secondary N) is 1. The second-order valence-electron chi connectivity index (χ2n) is 4.66. The van der Waals surface area contributed by atoms with E-state index in [1.165, 1.54) is 20.4 Å². The van der Waals surface area contributed by atoms with Crippen LogP contribution in [0.15, 0.2) is 30.7 Å². The maximum Gasteiger partial charge on any atom is 0.295 e. The number of methoxy groups -OCH3 is 2. The van der Waals surface area contributed by atoms with Gasteiger partial charge in [0.1, 0.15) is 5.15 Å². The number of nitrogens with zero attached hydrogens (tertiary/aromatic N) is 4. The summed E-state index contributed by atoms with van der Waals surface area (Å²) in [5.41, 5.74) is 1.54. The Morgan fingerprint density at radius 2 is 2.08 bits per heavy atom. The lowest BCUT2D eigenvalue weighted by atomic mass is 10.0. The van der Waals surface area contributed by atoms with E-state index >= 15 is 0 Å². The zero-order chi connectivity index (χ0) is 17.8. The Morgan fingerprint density at radius 3 is 2.76 bits per heavy atom. The fraction of sp³-hybridized carbons (Fsp3) is 0.133. The highest BCUT2D eigenvalue weighted by Gasteiger charge is 2.21. The van der Waals surface area contributed by atoms with Crippen molar-refractivity contribution in [2.45, 2.75) is 0 Å². The molecule has 0 aliphatic carbocycles. The molecule has 3 rings (SSSR count). The third-order valence-corrected chi connectivity index (χ3v) is 4.20. The fourth-order valence-corrected chi connectivity index (χ4v) is 2.85. The number of aromatic nitrogens is 4. The highest BCUT2D eigenvalue weighted by molar-refractivity contribution is 7.17. The monoisotopic (exact) mass is 377 g/mol. The quantitative estimate of drug-likeness (QED) is 0.682. The van der Waals surface area contributed by atoms with Crippen LogP contribution in [0.25, 0.3) is 11.1 Å². The Labute approximate surface area is 151 Å². The topological polar surface area (TPSA) is 99.1 Å². The molecular formula is C15H12ClN5O3S. The fourth-order valence-electron chi connectivity index (χ4n) is 2.12. The molecule has 0 aromatic carbocycles. The van der Waals surface area contributed by atoms with Crippen molar-refractivity contribution in [2.24, 2.45) is 0 Å². The second-order valence-corrected chi connectivity index (χ2v) is 5.99. The van der Waals surface area contributed by atoms with E-state index in [2.05, 4.69) is 25.5 Å². The molecule has 3 aromatic heterocycles. The van der Waals surface area contributed by atoms with Crippen LogP contribution in [0.2, 0.25) is 5.15 Å². The minimum Gasteiger partial charge on any atom is -0.494 e. The number of amides is 1. The van der Waals surface area contributed by atoms with Gasteiger partial charge in [0.15, 0.2) is 5.75 Å². The standard InChI is InChI=1S/C15H12ClN5O3S/c1-23-10-7-17-6-9(8-3-4-18-11(16)5-8)12(10)13(22)19-14-20-21-15(24-2)25-14/h3-7H,1-2H3,(H,19,20,22). The van der Waals surface area contributed by atoms with E-state index in [4.69, 9.17) is 21.1 Å². The van der Waals surface area contributed by atoms with Gasteiger partial charge in [-0.3, -0.25) is 15.1 Å². The van der Waals surface area contributed by atoms with Crippen LogP contribution in [-0.4, -0.2) is 40.3 Å². The molecule has 0 spiro atoms. The Kier molecular flexibility index (Phi) is 5.05. The first-order valence-electron chi connectivity index (χ1n) is 6.95. The Bertz CT molecular complexity index is 918. The summed E-state index contributed by atoms with van der Waals surface area (Å²) < 4.78 is 10.3. The van der Waals surface area contributed by atoms with Gasteiger partial charge >= 0.3 is 0 Å². The molecule has 0 saturated carbocycles. The van der Waals surface area contributed by atoms with Gasteiger partial charge in [0.05, 0.1) is 26.0 Å². The summed E-state index contributed by atoms with van der Waals surface area (Å²) >= 11 is 7.06. The molecule has 0 atom stereocenters. The number of ether oxygens (including phenoxy) is 2. The first-order valence-corrected chi connectivity index (χ1v) is 8.14. The van der Waals surface area contributed by atoms with Gasteiger partial charge in [-0.2, -0.15) is 0 Å². The lowest BCUT2D eigenvalue weighted by molar-refractivity contribution is 0.102. The smallest absolute Gasteiger partial charge is 0.295 e. The molecule has 25 heavy (non-hydrogen) atoms. The number of hydrogen-bond acceptors (Lipinski definition) is 8. The van der Waals surface area contributed by atoms with Crippen LogP contribution in [0, 0.1) is 0 Å². The van der Waals surface area contributed by atoms with Crippen LogP contribution in [-0.2, 0) is 0 Å². The summed E-state index contributed by atoms with van der Waals surface area (Å²) in [6.07, 6.45) is 4.57. The molecule has 3 aromatic rings. The number of hydrogen-bond donors (Lipinski definition) is 1. The maximum absolute atomic E-state index is 12.8. The van der Waals surface area contributed by atoms with Crippen LogP contribution in [0.3, 0.4) is 0 Å². The zero-order valence-corrected chi connectivity index (χ0v) is 14.8. The number of carbonyl (C=O) groups excluding carboxylic acids is 1. The van der Waals surface area contributed by atoms with Gasteiger partial charge in [0, 0.05) is 18.0 Å².